The number of morpholine rings is 1. The Bertz CT molecular complexity index is 995. The predicted molar refractivity (Wildman–Crippen MR) is 120 cm³/mol. The predicted octanol–water partition coefficient (Wildman–Crippen LogP) is 2.40. The third-order valence-electron chi connectivity index (χ3n) is 5.20. The van der Waals surface area contributed by atoms with Gasteiger partial charge in [-0.3, -0.25) is 9.88 Å². The molecule has 3 heterocycles. The van der Waals surface area contributed by atoms with Crippen molar-refractivity contribution in [2.75, 3.05) is 64.2 Å². The summed E-state index contributed by atoms with van der Waals surface area (Å²) in [5.41, 5.74) is 1.83. The number of ether oxygens (including phenoxy) is 3. The molecule has 4 rings (SSSR count). The van der Waals surface area contributed by atoms with Gasteiger partial charge in [0.05, 0.1) is 33.0 Å². The quantitative estimate of drug-likeness (QED) is 0.537. The van der Waals surface area contributed by atoms with Crippen LogP contribution in [-0.2, 0) is 11.3 Å². The fourth-order valence-corrected chi connectivity index (χ4v) is 3.51. The highest BCUT2D eigenvalue weighted by Gasteiger charge is 2.14. The molecule has 1 saturated heterocycles. The van der Waals surface area contributed by atoms with Gasteiger partial charge in [0.15, 0.2) is 11.5 Å². The van der Waals surface area contributed by atoms with E-state index in [1.54, 1.807) is 20.4 Å². The summed E-state index contributed by atoms with van der Waals surface area (Å²) in [6.45, 7) is 5.75. The minimum Gasteiger partial charge on any atom is -0.493 e. The third kappa shape index (κ3) is 5.31. The van der Waals surface area contributed by atoms with Crippen LogP contribution in [-0.4, -0.2) is 73.5 Å². The van der Waals surface area contributed by atoms with E-state index in [0.717, 1.165) is 61.7 Å². The summed E-state index contributed by atoms with van der Waals surface area (Å²) in [6.07, 6.45) is 3.58. The van der Waals surface area contributed by atoms with E-state index in [4.69, 9.17) is 19.2 Å². The summed E-state index contributed by atoms with van der Waals surface area (Å²) in [5, 5.41) is 7.66. The van der Waals surface area contributed by atoms with Gasteiger partial charge < -0.3 is 24.8 Å². The van der Waals surface area contributed by atoms with Gasteiger partial charge in [0.2, 0.25) is 5.95 Å². The molecule has 0 unspecified atom stereocenters. The molecule has 0 saturated carbocycles. The van der Waals surface area contributed by atoms with Crippen LogP contribution in [0, 0.1) is 0 Å². The Hall–Kier alpha value is -3.17. The molecule has 9 nitrogen and oxygen atoms in total. The Kier molecular flexibility index (Phi) is 6.96. The van der Waals surface area contributed by atoms with Crippen LogP contribution in [0.15, 0.2) is 36.7 Å². The first kappa shape index (κ1) is 21.1. The van der Waals surface area contributed by atoms with Crippen molar-refractivity contribution in [3.05, 3.63) is 42.2 Å². The van der Waals surface area contributed by atoms with Crippen LogP contribution in [0.4, 0.5) is 11.8 Å². The van der Waals surface area contributed by atoms with Gasteiger partial charge in [-0.2, -0.15) is 4.98 Å². The van der Waals surface area contributed by atoms with Crippen molar-refractivity contribution in [1.82, 2.24) is 19.9 Å². The van der Waals surface area contributed by atoms with Crippen LogP contribution in [0.3, 0.4) is 0 Å². The average Bonchev–Trinajstić information content (AvgIpc) is 2.83. The number of pyridine rings is 1. The average molecular weight is 425 g/mol. The Balaban J connectivity index is 1.58. The number of fused-ring (bicyclic) bond motifs is 1. The fraction of sp³-hybridized carbons (Fsp3) is 0.409. The van der Waals surface area contributed by atoms with Crippen LogP contribution in [0.25, 0.3) is 10.9 Å². The zero-order chi connectivity index (χ0) is 21.5. The summed E-state index contributed by atoms with van der Waals surface area (Å²) in [7, 11) is 3.24. The molecule has 1 fully saturated rings. The molecule has 0 aliphatic carbocycles. The van der Waals surface area contributed by atoms with Gasteiger partial charge in [0.25, 0.3) is 0 Å². The van der Waals surface area contributed by atoms with Crippen molar-refractivity contribution in [1.29, 1.82) is 0 Å². The van der Waals surface area contributed by atoms with Crippen LogP contribution in [0.5, 0.6) is 11.5 Å². The number of hydrogen-bond donors (Lipinski definition) is 2. The summed E-state index contributed by atoms with van der Waals surface area (Å²) >= 11 is 0. The van der Waals surface area contributed by atoms with E-state index in [1.165, 1.54) is 0 Å². The van der Waals surface area contributed by atoms with E-state index in [-0.39, 0.29) is 0 Å². The number of benzene rings is 1. The molecule has 1 aliphatic rings. The minimum absolute atomic E-state index is 0.539. The molecule has 2 N–H and O–H groups in total. The number of methoxy groups -OCH3 is 2. The molecule has 0 spiro atoms. The molecule has 0 atom stereocenters. The number of anilines is 2. The molecule has 0 radical (unpaired) electrons. The molecule has 0 bridgehead atoms. The summed E-state index contributed by atoms with van der Waals surface area (Å²) in [4.78, 5) is 16.0. The highest BCUT2D eigenvalue weighted by Crippen LogP contribution is 2.34. The SMILES string of the molecule is COc1cc2nc(NCc3cccnc3)nc(NCCN3CCOCC3)c2cc1OC. The first-order valence-electron chi connectivity index (χ1n) is 10.4. The van der Waals surface area contributed by atoms with E-state index < -0.39 is 0 Å². The summed E-state index contributed by atoms with van der Waals surface area (Å²) < 4.78 is 16.4. The van der Waals surface area contributed by atoms with Crippen LogP contribution >= 0.6 is 0 Å². The Morgan fingerprint density at radius 2 is 1.87 bits per heavy atom. The molecule has 3 aromatic rings. The van der Waals surface area contributed by atoms with Gasteiger partial charge in [0.1, 0.15) is 5.82 Å². The number of aromatic nitrogens is 3. The van der Waals surface area contributed by atoms with E-state index in [9.17, 15) is 0 Å². The van der Waals surface area contributed by atoms with E-state index in [2.05, 4.69) is 25.5 Å². The zero-order valence-corrected chi connectivity index (χ0v) is 17.9. The van der Waals surface area contributed by atoms with Gasteiger partial charge in [-0.1, -0.05) is 6.07 Å². The smallest absolute Gasteiger partial charge is 0.225 e. The van der Waals surface area contributed by atoms with Crippen molar-refractivity contribution in [3.8, 4) is 11.5 Å². The molecule has 2 aromatic heterocycles. The standard InChI is InChI=1S/C22H28N6O3/c1-29-19-12-17-18(13-20(19)30-2)26-22(25-15-16-4-3-5-23-14-16)27-21(17)24-6-7-28-8-10-31-11-9-28/h3-5,12-14H,6-11,15H2,1-2H3,(H2,24,25,26,27). The van der Waals surface area contributed by atoms with Gasteiger partial charge in [-0.05, 0) is 17.7 Å². The van der Waals surface area contributed by atoms with Gasteiger partial charge in [-0.25, -0.2) is 4.98 Å². The summed E-state index contributed by atoms with van der Waals surface area (Å²) in [6, 6.07) is 7.71. The van der Waals surface area contributed by atoms with E-state index in [0.29, 0.717) is 24.0 Å². The minimum atomic E-state index is 0.539. The second kappa shape index (κ2) is 10.2. The largest absolute Gasteiger partial charge is 0.493 e. The number of nitrogens with zero attached hydrogens (tertiary/aromatic N) is 4. The molecular formula is C22H28N6O3. The molecule has 1 aromatic carbocycles. The van der Waals surface area contributed by atoms with E-state index in [1.807, 2.05) is 30.5 Å². The first-order chi connectivity index (χ1) is 15.3. The van der Waals surface area contributed by atoms with Crippen molar-refractivity contribution in [2.45, 2.75) is 6.54 Å². The number of rotatable bonds is 9. The molecular weight excluding hydrogens is 396 g/mol. The maximum absolute atomic E-state index is 5.48. The van der Waals surface area contributed by atoms with Crippen LogP contribution in [0.1, 0.15) is 5.56 Å². The second-order valence-electron chi connectivity index (χ2n) is 7.22. The third-order valence-corrected chi connectivity index (χ3v) is 5.20. The normalized spacial score (nSPS) is 14.4. The maximum Gasteiger partial charge on any atom is 0.225 e. The Morgan fingerprint density at radius 3 is 2.61 bits per heavy atom. The molecule has 31 heavy (non-hydrogen) atoms. The molecule has 9 heteroatoms. The topological polar surface area (TPSA) is 93.7 Å². The first-order valence-corrected chi connectivity index (χ1v) is 10.4. The number of hydrogen-bond acceptors (Lipinski definition) is 9. The molecule has 1 aliphatic heterocycles. The maximum atomic E-state index is 5.48. The lowest BCUT2D eigenvalue weighted by Crippen LogP contribution is -2.39. The highest BCUT2D eigenvalue weighted by molar-refractivity contribution is 5.92. The summed E-state index contributed by atoms with van der Waals surface area (Å²) in [5.74, 6) is 2.57. The van der Waals surface area contributed by atoms with Gasteiger partial charge in [-0.15, -0.1) is 0 Å². The van der Waals surface area contributed by atoms with Crippen molar-refractivity contribution in [2.24, 2.45) is 0 Å². The lowest BCUT2D eigenvalue weighted by Gasteiger charge is -2.26. The second-order valence-corrected chi connectivity index (χ2v) is 7.22. The zero-order valence-electron chi connectivity index (χ0n) is 17.9. The highest BCUT2D eigenvalue weighted by atomic mass is 16.5. The van der Waals surface area contributed by atoms with Crippen LogP contribution < -0.4 is 20.1 Å². The van der Waals surface area contributed by atoms with E-state index >= 15 is 0 Å². The Morgan fingerprint density at radius 1 is 1.06 bits per heavy atom. The van der Waals surface area contributed by atoms with Gasteiger partial charge >= 0.3 is 0 Å². The fourth-order valence-electron chi connectivity index (χ4n) is 3.51. The van der Waals surface area contributed by atoms with Crippen molar-refractivity contribution >= 4 is 22.7 Å². The van der Waals surface area contributed by atoms with Crippen molar-refractivity contribution < 1.29 is 14.2 Å². The molecule has 164 valence electrons. The lowest BCUT2D eigenvalue weighted by molar-refractivity contribution is 0.0398. The number of nitrogens with one attached hydrogen (secondary N) is 2. The van der Waals surface area contributed by atoms with Crippen LogP contribution in [0.2, 0.25) is 0 Å². The molecule has 0 amide bonds. The Labute approximate surface area is 181 Å². The monoisotopic (exact) mass is 424 g/mol. The lowest BCUT2D eigenvalue weighted by atomic mass is 10.2. The van der Waals surface area contributed by atoms with Gasteiger partial charge in [0, 0.05) is 56.6 Å². The van der Waals surface area contributed by atoms with Crippen molar-refractivity contribution in [3.63, 3.8) is 0 Å².